The molecule has 1 atom stereocenters. The molecule has 0 aliphatic heterocycles. The lowest BCUT2D eigenvalue weighted by Crippen LogP contribution is -2.22. The number of ether oxygens (including phenoxy) is 2. The van der Waals surface area contributed by atoms with Gasteiger partial charge in [0.05, 0.1) is 14.2 Å². The second-order valence-corrected chi connectivity index (χ2v) is 5.67. The van der Waals surface area contributed by atoms with Gasteiger partial charge in [0.15, 0.2) is 0 Å². The lowest BCUT2D eigenvalue weighted by Gasteiger charge is -2.21. The average Bonchev–Trinajstić information content (AvgIpc) is 3.04. The van der Waals surface area contributed by atoms with Gasteiger partial charge in [-0.15, -0.1) is 0 Å². The average molecular weight is 305 g/mol. The van der Waals surface area contributed by atoms with Crippen molar-refractivity contribution in [1.29, 1.82) is 0 Å². The normalized spacial score (nSPS) is 12.1. The lowest BCUT2D eigenvalue weighted by atomic mass is 9.99. The zero-order valence-corrected chi connectivity index (χ0v) is 13.7. The van der Waals surface area contributed by atoms with Crippen molar-refractivity contribution >= 4 is 11.3 Å². The van der Waals surface area contributed by atoms with Crippen molar-refractivity contribution in [1.82, 2.24) is 5.32 Å². The van der Waals surface area contributed by atoms with Crippen LogP contribution < -0.4 is 14.8 Å². The number of aryl methyl sites for hydroxylation is 1. The van der Waals surface area contributed by atoms with Crippen molar-refractivity contribution in [3.8, 4) is 11.5 Å². The molecule has 1 aromatic carbocycles. The smallest absolute Gasteiger partial charge is 0.127 e. The number of benzene rings is 1. The zero-order valence-electron chi connectivity index (χ0n) is 12.9. The van der Waals surface area contributed by atoms with Gasteiger partial charge in [0, 0.05) is 17.7 Å². The number of nitrogens with one attached hydrogen (secondary N) is 1. The van der Waals surface area contributed by atoms with E-state index in [1.165, 1.54) is 11.1 Å². The van der Waals surface area contributed by atoms with Gasteiger partial charge in [-0.05, 0) is 47.8 Å². The third kappa shape index (κ3) is 4.22. The van der Waals surface area contributed by atoms with E-state index in [9.17, 15) is 0 Å². The first-order valence-electron chi connectivity index (χ1n) is 7.24. The standard InChI is InChI=1S/C17H23NO2S/c1-4-18-16(8-5-13-9-10-21-12-13)15-7-6-14(19-2)11-17(15)20-3/h6-7,9-12,16,18H,4-5,8H2,1-3H3. The van der Waals surface area contributed by atoms with Crippen LogP contribution in [0.5, 0.6) is 11.5 Å². The highest BCUT2D eigenvalue weighted by atomic mass is 32.1. The van der Waals surface area contributed by atoms with E-state index >= 15 is 0 Å². The Bertz CT molecular complexity index is 540. The van der Waals surface area contributed by atoms with Gasteiger partial charge in [0.1, 0.15) is 11.5 Å². The molecule has 0 amide bonds. The van der Waals surface area contributed by atoms with Crippen LogP contribution in [0, 0.1) is 0 Å². The Morgan fingerprint density at radius 2 is 2.05 bits per heavy atom. The monoisotopic (exact) mass is 305 g/mol. The zero-order chi connectivity index (χ0) is 15.1. The third-order valence-electron chi connectivity index (χ3n) is 3.57. The van der Waals surface area contributed by atoms with Gasteiger partial charge < -0.3 is 14.8 Å². The summed E-state index contributed by atoms with van der Waals surface area (Å²) >= 11 is 1.75. The van der Waals surface area contributed by atoms with Crippen LogP contribution in [0.2, 0.25) is 0 Å². The summed E-state index contributed by atoms with van der Waals surface area (Å²) in [6.45, 7) is 3.07. The number of hydrogen-bond acceptors (Lipinski definition) is 4. The number of hydrogen-bond donors (Lipinski definition) is 1. The highest BCUT2D eigenvalue weighted by Gasteiger charge is 2.16. The molecular weight excluding hydrogens is 282 g/mol. The van der Waals surface area contributed by atoms with E-state index in [1.807, 2.05) is 12.1 Å². The molecule has 0 aliphatic carbocycles. The van der Waals surface area contributed by atoms with Gasteiger partial charge in [-0.25, -0.2) is 0 Å². The molecule has 1 N–H and O–H groups in total. The summed E-state index contributed by atoms with van der Waals surface area (Å²) in [4.78, 5) is 0. The van der Waals surface area contributed by atoms with Crippen molar-refractivity contribution in [2.24, 2.45) is 0 Å². The first-order valence-corrected chi connectivity index (χ1v) is 8.19. The molecule has 0 spiro atoms. The minimum Gasteiger partial charge on any atom is -0.497 e. The van der Waals surface area contributed by atoms with E-state index in [-0.39, 0.29) is 6.04 Å². The SMILES string of the molecule is CCNC(CCc1ccsc1)c1ccc(OC)cc1OC. The summed E-state index contributed by atoms with van der Waals surface area (Å²) in [6.07, 6.45) is 2.11. The van der Waals surface area contributed by atoms with Crippen molar-refractivity contribution in [2.45, 2.75) is 25.8 Å². The van der Waals surface area contributed by atoms with Crippen LogP contribution in [0.25, 0.3) is 0 Å². The largest absolute Gasteiger partial charge is 0.497 e. The molecule has 3 nitrogen and oxygen atoms in total. The fraction of sp³-hybridized carbons (Fsp3) is 0.412. The summed E-state index contributed by atoms with van der Waals surface area (Å²) in [7, 11) is 3.38. The Balaban J connectivity index is 2.16. The van der Waals surface area contributed by atoms with Crippen LogP contribution in [-0.4, -0.2) is 20.8 Å². The molecule has 1 heterocycles. The summed E-state index contributed by atoms with van der Waals surface area (Å²) in [6, 6.07) is 8.52. The molecule has 0 fully saturated rings. The Labute approximate surface area is 130 Å². The molecule has 2 aromatic rings. The Morgan fingerprint density at radius 1 is 1.19 bits per heavy atom. The fourth-order valence-electron chi connectivity index (χ4n) is 2.47. The Kier molecular flexibility index (Phi) is 6.08. The summed E-state index contributed by atoms with van der Waals surface area (Å²) in [5, 5.41) is 7.90. The van der Waals surface area contributed by atoms with E-state index in [2.05, 4.69) is 35.1 Å². The van der Waals surface area contributed by atoms with E-state index in [4.69, 9.17) is 9.47 Å². The van der Waals surface area contributed by atoms with Gasteiger partial charge in [-0.2, -0.15) is 11.3 Å². The van der Waals surface area contributed by atoms with E-state index in [1.54, 1.807) is 25.6 Å². The van der Waals surface area contributed by atoms with Crippen LogP contribution >= 0.6 is 11.3 Å². The molecule has 1 aromatic heterocycles. The first kappa shape index (κ1) is 15.9. The van der Waals surface area contributed by atoms with Crippen molar-refractivity contribution in [3.05, 3.63) is 46.2 Å². The predicted molar refractivity (Wildman–Crippen MR) is 88.6 cm³/mol. The highest BCUT2D eigenvalue weighted by molar-refractivity contribution is 7.07. The molecule has 0 aliphatic rings. The Morgan fingerprint density at radius 3 is 2.67 bits per heavy atom. The lowest BCUT2D eigenvalue weighted by molar-refractivity contribution is 0.382. The predicted octanol–water partition coefficient (Wildman–Crippen LogP) is 4.05. The third-order valence-corrected chi connectivity index (χ3v) is 4.30. The van der Waals surface area contributed by atoms with Gasteiger partial charge >= 0.3 is 0 Å². The molecule has 114 valence electrons. The molecule has 0 saturated heterocycles. The quantitative estimate of drug-likeness (QED) is 0.798. The van der Waals surface area contributed by atoms with Crippen molar-refractivity contribution in [2.75, 3.05) is 20.8 Å². The fourth-order valence-corrected chi connectivity index (χ4v) is 3.17. The van der Waals surface area contributed by atoms with Gasteiger partial charge in [-0.3, -0.25) is 0 Å². The number of rotatable bonds is 8. The molecule has 0 radical (unpaired) electrons. The van der Waals surface area contributed by atoms with Crippen molar-refractivity contribution in [3.63, 3.8) is 0 Å². The molecule has 0 bridgehead atoms. The highest BCUT2D eigenvalue weighted by Crippen LogP contribution is 2.31. The topological polar surface area (TPSA) is 30.5 Å². The molecule has 21 heavy (non-hydrogen) atoms. The van der Waals surface area contributed by atoms with Crippen LogP contribution in [0.15, 0.2) is 35.0 Å². The molecule has 0 saturated carbocycles. The van der Waals surface area contributed by atoms with E-state index in [0.717, 1.165) is 30.9 Å². The summed E-state index contributed by atoms with van der Waals surface area (Å²) < 4.78 is 10.8. The first-order chi connectivity index (χ1) is 10.3. The maximum atomic E-state index is 5.53. The molecule has 4 heteroatoms. The second kappa shape index (κ2) is 8.05. The molecule has 1 unspecified atom stereocenters. The maximum Gasteiger partial charge on any atom is 0.127 e. The van der Waals surface area contributed by atoms with Gasteiger partial charge in [0.25, 0.3) is 0 Å². The second-order valence-electron chi connectivity index (χ2n) is 4.89. The van der Waals surface area contributed by atoms with Gasteiger partial charge in [-0.1, -0.05) is 13.0 Å². The number of methoxy groups -OCH3 is 2. The molecular formula is C17H23NO2S. The van der Waals surface area contributed by atoms with Gasteiger partial charge in [0.2, 0.25) is 0 Å². The number of thiophene rings is 1. The van der Waals surface area contributed by atoms with Crippen LogP contribution in [0.4, 0.5) is 0 Å². The summed E-state index contributed by atoms with van der Waals surface area (Å²) in [5.41, 5.74) is 2.59. The van der Waals surface area contributed by atoms with Crippen LogP contribution in [0.1, 0.15) is 30.5 Å². The minimum atomic E-state index is 0.288. The van der Waals surface area contributed by atoms with Crippen molar-refractivity contribution < 1.29 is 9.47 Å². The maximum absolute atomic E-state index is 5.53. The van der Waals surface area contributed by atoms with Crippen LogP contribution in [-0.2, 0) is 6.42 Å². The molecule has 2 rings (SSSR count). The minimum absolute atomic E-state index is 0.288. The van der Waals surface area contributed by atoms with E-state index < -0.39 is 0 Å². The summed E-state index contributed by atoms with van der Waals surface area (Å²) in [5.74, 6) is 1.70. The van der Waals surface area contributed by atoms with E-state index in [0.29, 0.717) is 0 Å². The Hall–Kier alpha value is -1.52. The van der Waals surface area contributed by atoms with Crippen LogP contribution in [0.3, 0.4) is 0 Å².